The number of fused-ring (bicyclic) bond motifs is 1. The summed E-state index contributed by atoms with van der Waals surface area (Å²) in [7, 11) is 0. The number of carbonyl (C=O) groups excluding carboxylic acids is 1. The molecule has 1 aromatic heterocycles. The quantitative estimate of drug-likeness (QED) is 0.599. The van der Waals surface area contributed by atoms with Crippen LogP contribution in [0.3, 0.4) is 0 Å². The molecule has 2 heterocycles. The van der Waals surface area contributed by atoms with Gasteiger partial charge in [0.15, 0.2) is 17.3 Å². The van der Waals surface area contributed by atoms with Crippen LogP contribution in [0.25, 0.3) is 0 Å². The van der Waals surface area contributed by atoms with E-state index in [2.05, 4.69) is 15.5 Å². The molecule has 2 aliphatic rings. The molecule has 0 spiro atoms. The van der Waals surface area contributed by atoms with Crippen LogP contribution in [-0.2, 0) is 0 Å². The molecular formula is C17H20N4O3S. The van der Waals surface area contributed by atoms with E-state index in [0.717, 1.165) is 24.4 Å². The van der Waals surface area contributed by atoms with Crippen molar-refractivity contribution in [1.29, 1.82) is 0 Å². The van der Waals surface area contributed by atoms with E-state index in [1.165, 1.54) is 24.6 Å². The second-order valence-electron chi connectivity index (χ2n) is 6.27. The van der Waals surface area contributed by atoms with Crippen molar-refractivity contribution in [1.82, 2.24) is 20.2 Å². The lowest BCUT2D eigenvalue weighted by Crippen LogP contribution is -2.10. The van der Waals surface area contributed by atoms with Crippen LogP contribution in [0.1, 0.15) is 48.5 Å². The lowest BCUT2D eigenvalue weighted by Gasteiger charge is -2.11. The van der Waals surface area contributed by atoms with Crippen LogP contribution in [0.15, 0.2) is 23.4 Å². The smallest absolute Gasteiger partial charge is 0.210 e. The zero-order valence-corrected chi connectivity index (χ0v) is 14.7. The highest BCUT2D eigenvalue weighted by molar-refractivity contribution is 7.99. The Morgan fingerprint density at radius 1 is 1.16 bits per heavy atom. The molecule has 1 aliphatic carbocycles. The topological polar surface area (TPSA) is 79.1 Å². The van der Waals surface area contributed by atoms with Gasteiger partial charge in [0.1, 0.15) is 0 Å². The number of tetrazole rings is 1. The predicted molar refractivity (Wildman–Crippen MR) is 92.4 cm³/mol. The van der Waals surface area contributed by atoms with Gasteiger partial charge in [0, 0.05) is 12.0 Å². The minimum Gasteiger partial charge on any atom is -0.490 e. The number of hydrogen-bond donors (Lipinski definition) is 0. The van der Waals surface area contributed by atoms with E-state index >= 15 is 0 Å². The zero-order chi connectivity index (χ0) is 17.1. The minimum atomic E-state index is 0.0293. The van der Waals surface area contributed by atoms with Crippen molar-refractivity contribution in [3.63, 3.8) is 0 Å². The zero-order valence-electron chi connectivity index (χ0n) is 13.9. The molecule has 0 unspecified atom stereocenters. The number of Topliss-reactive ketones (excluding diaryl/α,β-unsaturated/α-hetero) is 1. The second kappa shape index (κ2) is 7.43. The molecule has 0 atom stereocenters. The molecular weight excluding hydrogens is 340 g/mol. The molecule has 0 N–H and O–H groups in total. The van der Waals surface area contributed by atoms with Crippen LogP contribution in [-0.4, -0.2) is 45.0 Å². The van der Waals surface area contributed by atoms with Gasteiger partial charge in [-0.05, 0) is 41.5 Å². The molecule has 132 valence electrons. The third-order valence-electron chi connectivity index (χ3n) is 4.54. The first-order valence-electron chi connectivity index (χ1n) is 8.65. The Labute approximate surface area is 150 Å². The summed E-state index contributed by atoms with van der Waals surface area (Å²) in [6.45, 7) is 1.25. The van der Waals surface area contributed by atoms with Gasteiger partial charge in [0.05, 0.1) is 25.0 Å². The molecule has 1 saturated carbocycles. The van der Waals surface area contributed by atoms with Crippen LogP contribution < -0.4 is 9.47 Å². The van der Waals surface area contributed by atoms with E-state index in [0.29, 0.717) is 42.1 Å². The third-order valence-corrected chi connectivity index (χ3v) is 5.47. The van der Waals surface area contributed by atoms with Crippen LogP contribution in [0.4, 0.5) is 0 Å². The monoisotopic (exact) mass is 360 g/mol. The van der Waals surface area contributed by atoms with E-state index in [4.69, 9.17) is 9.47 Å². The number of thioether (sulfide) groups is 1. The molecule has 25 heavy (non-hydrogen) atoms. The highest BCUT2D eigenvalue weighted by atomic mass is 32.2. The SMILES string of the molecule is O=C(CSc1nnnn1C1CCCC1)c1ccc2c(c1)OCCCO2. The third kappa shape index (κ3) is 3.63. The molecule has 7 nitrogen and oxygen atoms in total. The molecule has 1 aliphatic heterocycles. The predicted octanol–water partition coefficient (Wildman–Crippen LogP) is 2.92. The fourth-order valence-corrected chi connectivity index (χ4v) is 4.05. The Kier molecular flexibility index (Phi) is 4.87. The number of ketones is 1. The minimum absolute atomic E-state index is 0.0293. The van der Waals surface area contributed by atoms with Gasteiger partial charge in [-0.3, -0.25) is 4.79 Å². The maximum atomic E-state index is 12.5. The van der Waals surface area contributed by atoms with E-state index in [9.17, 15) is 4.79 Å². The van der Waals surface area contributed by atoms with E-state index in [-0.39, 0.29) is 5.78 Å². The van der Waals surface area contributed by atoms with Crippen LogP contribution >= 0.6 is 11.8 Å². The van der Waals surface area contributed by atoms with Crippen molar-refractivity contribution in [2.24, 2.45) is 0 Å². The number of benzene rings is 1. The Balaban J connectivity index is 1.43. The second-order valence-corrected chi connectivity index (χ2v) is 7.21. The average Bonchev–Trinajstić information content (AvgIpc) is 3.26. The largest absolute Gasteiger partial charge is 0.490 e. The van der Waals surface area contributed by atoms with Gasteiger partial charge >= 0.3 is 0 Å². The van der Waals surface area contributed by atoms with Gasteiger partial charge in [0.2, 0.25) is 5.16 Å². The Morgan fingerprint density at radius 2 is 1.96 bits per heavy atom. The Morgan fingerprint density at radius 3 is 2.80 bits per heavy atom. The fraction of sp³-hybridized carbons (Fsp3) is 0.529. The summed E-state index contributed by atoms with van der Waals surface area (Å²) >= 11 is 1.39. The highest BCUT2D eigenvalue weighted by Crippen LogP contribution is 2.33. The number of aromatic nitrogens is 4. The van der Waals surface area contributed by atoms with Crippen LogP contribution in [0.5, 0.6) is 11.5 Å². The molecule has 1 aromatic carbocycles. The standard InChI is InChI=1S/C17H20N4O3S/c22-14(12-6-7-15-16(10-12)24-9-3-8-23-15)11-25-17-18-19-20-21(17)13-4-1-2-5-13/h6-7,10,13H,1-5,8-9,11H2. The van der Waals surface area contributed by atoms with Crippen molar-refractivity contribution in [3.8, 4) is 11.5 Å². The van der Waals surface area contributed by atoms with Gasteiger partial charge in [-0.15, -0.1) is 5.10 Å². The van der Waals surface area contributed by atoms with Crippen molar-refractivity contribution >= 4 is 17.5 Å². The first-order valence-corrected chi connectivity index (χ1v) is 9.63. The van der Waals surface area contributed by atoms with E-state index in [1.54, 1.807) is 18.2 Å². The lowest BCUT2D eigenvalue weighted by molar-refractivity contribution is 0.102. The number of ether oxygens (including phenoxy) is 2. The van der Waals surface area contributed by atoms with Crippen molar-refractivity contribution in [3.05, 3.63) is 23.8 Å². The van der Waals surface area contributed by atoms with E-state index < -0.39 is 0 Å². The number of nitrogens with zero attached hydrogens (tertiary/aromatic N) is 4. The molecule has 0 radical (unpaired) electrons. The van der Waals surface area contributed by atoms with Gasteiger partial charge in [-0.1, -0.05) is 24.6 Å². The summed E-state index contributed by atoms with van der Waals surface area (Å²) < 4.78 is 13.1. The normalized spacial score (nSPS) is 17.4. The molecule has 0 amide bonds. The van der Waals surface area contributed by atoms with Gasteiger partial charge in [-0.25, -0.2) is 4.68 Å². The molecule has 0 bridgehead atoms. The lowest BCUT2D eigenvalue weighted by atomic mass is 10.1. The van der Waals surface area contributed by atoms with Crippen molar-refractivity contribution < 1.29 is 14.3 Å². The Hall–Kier alpha value is -2.09. The maximum Gasteiger partial charge on any atom is 0.210 e. The molecule has 4 rings (SSSR count). The van der Waals surface area contributed by atoms with Gasteiger partial charge in [0.25, 0.3) is 0 Å². The molecule has 1 fully saturated rings. The first-order chi connectivity index (χ1) is 12.3. The van der Waals surface area contributed by atoms with Gasteiger partial charge < -0.3 is 9.47 Å². The summed E-state index contributed by atoms with van der Waals surface area (Å²) in [4.78, 5) is 12.5. The molecule has 8 heteroatoms. The van der Waals surface area contributed by atoms with Gasteiger partial charge in [-0.2, -0.15) is 0 Å². The van der Waals surface area contributed by atoms with E-state index in [1.807, 2.05) is 4.68 Å². The van der Waals surface area contributed by atoms with Crippen LogP contribution in [0.2, 0.25) is 0 Å². The summed E-state index contributed by atoms with van der Waals surface area (Å²) in [5, 5.41) is 12.7. The summed E-state index contributed by atoms with van der Waals surface area (Å²) in [5.41, 5.74) is 0.622. The van der Waals surface area contributed by atoms with Crippen molar-refractivity contribution in [2.75, 3.05) is 19.0 Å². The average molecular weight is 360 g/mol. The summed E-state index contributed by atoms with van der Waals surface area (Å²) in [5.74, 6) is 1.67. The fourth-order valence-electron chi connectivity index (χ4n) is 3.21. The van der Waals surface area contributed by atoms with Crippen LogP contribution in [0, 0.1) is 0 Å². The number of carbonyl (C=O) groups is 1. The Bertz CT molecular complexity index is 758. The number of hydrogen-bond acceptors (Lipinski definition) is 7. The van der Waals surface area contributed by atoms with Crippen molar-refractivity contribution in [2.45, 2.75) is 43.3 Å². The highest BCUT2D eigenvalue weighted by Gasteiger charge is 2.22. The maximum absolute atomic E-state index is 12.5. The first kappa shape index (κ1) is 16.4. The summed E-state index contributed by atoms with van der Waals surface area (Å²) in [6.07, 6.45) is 5.48. The summed E-state index contributed by atoms with van der Waals surface area (Å²) in [6, 6.07) is 5.73. The number of rotatable bonds is 5. The molecule has 0 saturated heterocycles. The molecule has 2 aromatic rings.